The first-order valence-corrected chi connectivity index (χ1v) is 5.94. The van der Waals surface area contributed by atoms with Gasteiger partial charge >= 0.3 is 0 Å². The van der Waals surface area contributed by atoms with Gasteiger partial charge in [0.1, 0.15) is 17.6 Å². The van der Waals surface area contributed by atoms with Crippen LogP contribution in [-0.4, -0.2) is 7.11 Å². The Labute approximate surface area is 106 Å². The standard InChI is InChI=1S/C16H14O2/c1-17-14-9-7-13-8-10-15(18-16(13)11-14)12-5-3-2-4-6-12/h2-11,15H,1H3/t15-/m1/s1. The zero-order valence-corrected chi connectivity index (χ0v) is 10.2. The van der Waals surface area contributed by atoms with Gasteiger partial charge in [0.05, 0.1) is 7.11 Å². The van der Waals surface area contributed by atoms with Gasteiger partial charge in [0, 0.05) is 11.6 Å². The number of methoxy groups -OCH3 is 1. The molecule has 0 fully saturated rings. The minimum Gasteiger partial charge on any atom is -0.497 e. The molecule has 0 aliphatic carbocycles. The van der Waals surface area contributed by atoms with Crippen LogP contribution in [0.5, 0.6) is 11.5 Å². The summed E-state index contributed by atoms with van der Waals surface area (Å²) >= 11 is 0. The quantitative estimate of drug-likeness (QED) is 0.791. The molecule has 0 aromatic heterocycles. The highest BCUT2D eigenvalue weighted by atomic mass is 16.5. The van der Waals surface area contributed by atoms with E-state index in [9.17, 15) is 0 Å². The lowest BCUT2D eigenvalue weighted by Crippen LogP contribution is -2.08. The zero-order valence-electron chi connectivity index (χ0n) is 10.2. The van der Waals surface area contributed by atoms with E-state index in [-0.39, 0.29) is 6.10 Å². The van der Waals surface area contributed by atoms with Crippen molar-refractivity contribution in [3.05, 3.63) is 65.7 Å². The molecule has 2 nitrogen and oxygen atoms in total. The van der Waals surface area contributed by atoms with Gasteiger partial charge in [0.15, 0.2) is 0 Å². The molecule has 2 heteroatoms. The third-order valence-corrected chi connectivity index (χ3v) is 3.05. The molecule has 1 aliphatic rings. The second kappa shape index (κ2) is 4.57. The second-order valence-electron chi connectivity index (χ2n) is 4.21. The van der Waals surface area contributed by atoms with Crippen LogP contribution in [0.15, 0.2) is 54.6 Å². The molecule has 1 atom stereocenters. The highest BCUT2D eigenvalue weighted by Gasteiger charge is 2.16. The van der Waals surface area contributed by atoms with Gasteiger partial charge in [0.2, 0.25) is 0 Å². The van der Waals surface area contributed by atoms with Crippen LogP contribution in [0.2, 0.25) is 0 Å². The van der Waals surface area contributed by atoms with E-state index in [1.165, 1.54) is 0 Å². The summed E-state index contributed by atoms with van der Waals surface area (Å²) in [6.07, 6.45) is 4.14. The minimum absolute atomic E-state index is 0.0224. The van der Waals surface area contributed by atoms with Gasteiger partial charge in [0.25, 0.3) is 0 Å². The Morgan fingerprint density at radius 2 is 1.89 bits per heavy atom. The first kappa shape index (κ1) is 10.9. The Morgan fingerprint density at radius 3 is 2.67 bits per heavy atom. The van der Waals surface area contributed by atoms with E-state index in [4.69, 9.17) is 9.47 Å². The summed E-state index contributed by atoms with van der Waals surface area (Å²) in [5.41, 5.74) is 2.24. The third-order valence-electron chi connectivity index (χ3n) is 3.05. The monoisotopic (exact) mass is 238 g/mol. The van der Waals surface area contributed by atoms with Crippen LogP contribution in [0.3, 0.4) is 0 Å². The predicted molar refractivity (Wildman–Crippen MR) is 71.8 cm³/mol. The topological polar surface area (TPSA) is 18.5 Å². The highest BCUT2D eigenvalue weighted by molar-refractivity contribution is 5.62. The number of benzene rings is 2. The molecular formula is C16H14O2. The van der Waals surface area contributed by atoms with Gasteiger partial charge < -0.3 is 9.47 Å². The van der Waals surface area contributed by atoms with Gasteiger partial charge in [-0.1, -0.05) is 36.4 Å². The smallest absolute Gasteiger partial charge is 0.142 e. The molecule has 18 heavy (non-hydrogen) atoms. The molecule has 0 unspecified atom stereocenters. The molecule has 1 aliphatic heterocycles. The molecule has 0 bridgehead atoms. The van der Waals surface area contributed by atoms with Crippen molar-refractivity contribution in [2.45, 2.75) is 6.10 Å². The number of hydrogen-bond acceptors (Lipinski definition) is 2. The fourth-order valence-corrected chi connectivity index (χ4v) is 2.07. The Bertz CT molecular complexity index is 573. The minimum atomic E-state index is -0.0224. The van der Waals surface area contributed by atoms with E-state index >= 15 is 0 Å². The normalized spacial score (nSPS) is 16.8. The van der Waals surface area contributed by atoms with Gasteiger partial charge in [-0.2, -0.15) is 0 Å². The first-order valence-electron chi connectivity index (χ1n) is 5.94. The lowest BCUT2D eigenvalue weighted by atomic mass is 10.0. The number of ether oxygens (including phenoxy) is 2. The lowest BCUT2D eigenvalue weighted by Gasteiger charge is -2.22. The van der Waals surface area contributed by atoms with E-state index < -0.39 is 0 Å². The number of rotatable bonds is 2. The Hall–Kier alpha value is -2.22. The van der Waals surface area contributed by atoms with Crippen molar-refractivity contribution in [1.82, 2.24) is 0 Å². The maximum atomic E-state index is 5.99. The average Bonchev–Trinajstić information content (AvgIpc) is 2.47. The van der Waals surface area contributed by atoms with Gasteiger partial charge in [-0.05, 0) is 23.8 Å². The second-order valence-corrected chi connectivity index (χ2v) is 4.21. The van der Waals surface area contributed by atoms with Crippen molar-refractivity contribution in [2.24, 2.45) is 0 Å². The highest BCUT2D eigenvalue weighted by Crippen LogP contribution is 2.34. The fourth-order valence-electron chi connectivity index (χ4n) is 2.07. The van der Waals surface area contributed by atoms with Crippen molar-refractivity contribution < 1.29 is 9.47 Å². The van der Waals surface area contributed by atoms with Crippen LogP contribution in [-0.2, 0) is 0 Å². The van der Waals surface area contributed by atoms with Crippen molar-refractivity contribution in [2.75, 3.05) is 7.11 Å². The maximum Gasteiger partial charge on any atom is 0.142 e. The van der Waals surface area contributed by atoms with Gasteiger partial charge in [-0.25, -0.2) is 0 Å². The van der Waals surface area contributed by atoms with Crippen molar-refractivity contribution in [1.29, 1.82) is 0 Å². The molecule has 0 amide bonds. The summed E-state index contributed by atoms with van der Waals surface area (Å²) in [4.78, 5) is 0. The Morgan fingerprint density at radius 1 is 1.06 bits per heavy atom. The van der Waals surface area contributed by atoms with Crippen LogP contribution in [0.1, 0.15) is 17.2 Å². The number of hydrogen-bond donors (Lipinski definition) is 0. The predicted octanol–water partition coefficient (Wildman–Crippen LogP) is 3.84. The molecule has 0 saturated carbocycles. The van der Waals surface area contributed by atoms with Gasteiger partial charge in [-0.15, -0.1) is 0 Å². The molecular weight excluding hydrogens is 224 g/mol. The molecule has 90 valence electrons. The van der Waals surface area contributed by atoms with E-state index in [1.807, 2.05) is 36.4 Å². The van der Waals surface area contributed by atoms with Crippen LogP contribution in [0.4, 0.5) is 0 Å². The zero-order chi connectivity index (χ0) is 12.4. The van der Waals surface area contributed by atoms with Crippen LogP contribution in [0.25, 0.3) is 6.08 Å². The molecule has 2 aromatic carbocycles. The first-order chi connectivity index (χ1) is 8.86. The molecule has 0 radical (unpaired) electrons. The maximum absolute atomic E-state index is 5.99. The molecule has 3 rings (SSSR count). The molecule has 2 aromatic rings. The SMILES string of the molecule is COc1ccc2c(c1)O[C@@H](c1ccccc1)C=C2. The fraction of sp³-hybridized carbons (Fsp3) is 0.125. The van der Waals surface area contributed by atoms with Crippen molar-refractivity contribution in [3.63, 3.8) is 0 Å². The summed E-state index contributed by atoms with van der Waals surface area (Å²) in [5, 5.41) is 0. The van der Waals surface area contributed by atoms with Crippen LogP contribution in [0, 0.1) is 0 Å². The summed E-state index contributed by atoms with van der Waals surface area (Å²) in [6, 6.07) is 16.1. The van der Waals surface area contributed by atoms with Crippen LogP contribution >= 0.6 is 0 Å². The van der Waals surface area contributed by atoms with E-state index in [0.29, 0.717) is 0 Å². The summed E-state index contributed by atoms with van der Waals surface area (Å²) in [5.74, 6) is 1.68. The van der Waals surface area contributed by atoms with Crippen molar-refractivity contribution >= 4 is 6.08 Å². The average molecular weight is 238 g/mol. The Kier molecular flexibility index (Phi) is 2.77. The summed E-state index contributed by atoms with van der Waals surface area (Å²) in [7, 11) is 1.66. The molecule has 0 spiro atoms. The molecule has 0 saturated heterocycles. The van der Waals surface area contributed by atoms with E-state index in [2.05, 4.69) is 24.3 Å². The molecule has 1 heterocycles. The van der Waals surface area contributed by atoms with Crippen LogP contribution < -0.4 is 9.47 Å². The Balaban J connectivity index is 1.93. The molecule has 0 N–H and O–H groups in total. The van der Waals surface area contributed by atoms with Gasteiger partial charge in [-0.3, -0.25) is 0 Å². The van der Waals surface area contributed by atoms with E-state index in [0.717, 1.165) is 22.6 Å². The number of fused-ring (bicyclic) bond motifs is 1. The summed E-state index contributed by atoms with van der Waals surface area (Å²) < 4.78 is 11.2. The summed E-state index contributed by atoms with van der Waals surface area (Å²) in [6.45, 7) is 0. The lowest BCUT2D eigenvalue weighted by molar-refractivity contribution is 0.250. The third kappa shape index (κ3) is 1.97. The van der Waals surface area contributed by atoms with Crippen molar-refractivity contribution in [3.8, 4) is 11.5 Å². The largest absolute Gasteiger partial charge is 0.497 e. The van der Waals surface area contributed by atoms with E-state index in [1.54, 1.807) is 7.11 Å².